The van der Waals surface area contributed by atoms with E-state index >= 15 is 0 Å². The van der Waals surface area contributed by atoms with Crippen LogP contribution >= 0.6 is 0 Å². The van der Waals surface area contributed by atoms with Gasteiger partial charge in [0.2, 0.25) is 0 Å². The number of hydrogen-bond acceptors (Lipinski definition) is 1. The molecule has 1 aromatic rings. The van der Waals surface area contributed by atoms with Crippen LogP contribution in [0, 0.1) is 0 Å². The number of hydrogen-bond donors (Lipinski definition) is 2. The third-order valence-corrected chi connectivity index (χ3v) is 0.881. The Bertz CT molecular complexity index is 160. The summed E-state index contributed by atoms with van der Waals surface area (Å²) in [6, 6.07) is 12.0. The first-order valence-corrected chi connectivity index (χ1v) is 3.18. The molecule has 3 nitrogen and oxygen atoms in total. The quantitative estimate of drug-likeness (QED) is 0.625. The van der Waals surface area contributed by atoms with Crippen molar-refractivity contribution in [2.45, 2.75) is 7.43 Å². The van der Waals surface area contributed by atoms with Gasteiger partial charge in [0.15, 0.2) is 0 Å². The average Bonchev–Trinajstić information content (AvgIpc) is 2.09. The highest BCUT2D eigenvalue weighted by Gasteiger charge is 1.76. The van der Waals surface area contributed by atoms with E-state index in [1.807, 2.05) is 41.7 Å². The molecular formula is C9H15NO2. The molecule has 1 rings (SSSR count). The number of carbonyl (C=O) groups is 1. The maximum atomic E-state index is 9.26. The highest BCUT2D eigenvalue weighted by atomic mass is 16.4. The van der Waals surface area contributed by atoms with Gasteiger partial charge in [-0.2, -0.15) is 0 Å². The lowest BCUT2D eigenvalue weighted by molar-refractivity contribution is 0.197. The van der Waals surface area contributed by atoms with E-state index in [-0.39, 0.29) is 7.43 Å². The van der Waals surface area contributed by atoms with Gasteiger partial charge < -0.3 is 10.4 Å². The van der Waals surface area contributed by atoms with Gasteiger partial charge >= 0.3 is 6.09 Å². The van der Waals surface area contributed by atoms with Crippen LogP contribution in [-0.4, -0.2) is 18.2 Å². The lowest BCUT2D eigenvalue weighted by Gasteiger charge is -1.78. The van der Waals surface area contributed by atoms with Gasteiger partial charge in [-0.15, -0.1) is 0 Å². The molecule has 0 aliphatic heterocycles. The van der Waals surface area contributed by atoms with Gasteiger partial charge in [-0.05, 0) is 0 Å². The summed E-state index contributed by atoms with van der Waals surface area (Å²) in [5.74, 6) is 0. The number of carboxylic acid groups (broad SMARTS) is 1. The van der Waals surface area contributed by atoms with Gasteiger partial charge in [-0.25, -0.2) is 4.79 Å². The lowest BCUT2D eigenvalue weighted by atomic mass is 10.4. The zero-order valence-electron chi connectivity index (χ0n) is 6.32. The summed E-state index contributed by atoms with van der Waals surface area (Å²) in [7, 11) is 1.35. The van der Waals surface area contributed by atoms with Crippen LogP contribution in [0.15, 0.2) is 36.4 Å². The summed E-state index contributed by atoms with van der Waals surface area (Å²) in [6.45, 7) is 0. The van der Waals surface area contributed by atoms with Gasteiger partial charge in [0.25, 0.3) is 0 Å². The average molecular weight is 169 g/mol. The predicted molar refractivity (Wildman–Crippen MR) is 50.3 cm³/mol. The van der Waals surface area contributed by atoms with Crippen LogP contribution < -0.4 is 5.32 Å². The van der Waals surface area contributed by atoms with Crippen LogP contribution in [-0.2, 0) is 0 Å². The van der Waals surface area contributed by atoms with E-state index in [9.17, 15) is 4.79 Å². The van der Waals surface area contributed by atoms with E-state index in [0.29, 0.717) is 0 Å². The van der Waals surface area contributed by atoms with Crippen LogP contribution in [0.5, 0.6) is 0 Å². The molecule has 0 saturated heterocycles. The van der Waals surface area contributed by atoms with Gasteiger partial charge in [0.05, 0.1) is 0 Å². The molecule has 0 heterocycles. The summed E-state index contributed by atoms with van der Waals surface area (Å²) < 4.78 is 0. The molecule has 0 spiro atoms. The van der Waals surface area contributed by atoms with Crippen LogP contribution in [0.1, 0.15) is 7.43 Å². The number of amides is 1. The van der Waals surface area contributed by atoms with Gasteiger partial charge in [-0.3, -0.25) is 0 Å². The Labute approximate surface area is 73.0 Å². The first-order valence-electron chi connectivity index (χ1n) is 3.18. The molecule has 0 saturated carbocycles. The Balaban J connectivity index is 0. The molecule has 1 aromatic carbocycles. The van der Waals surface area contributed by atoms with Crippen LogP contribution in [0.2, 0.25) is 0 Å². The van der Waals surface area contributed by atoms with Crippen LogP contribution in [0.3, 0.4) is 0 Å². The summed E-state index contributed by atoms with van der Waals surface area (Å²) in [4.78, 5) is 9.26. The SMILES string of the molecule is C.CNC(=O)O.c1ccccc1. The maximum Gasteiger partial charge on any atom is 0.404 e. The smallest absolute Gasteiger partial charge is 0.404 e. The molecule has 1 amide bonds. The Hall–Kier alpha value is -1.51. The topological polar surface area (TPSA) is 49.3 Å². The summed E-state index contributed by atoms with van der Waals surface area (Å²) in [5, 5.41) is 9.56. The van der Waals surface area contributed by atoms with Gasteiger partial charge in [0.1, 0.15) is 0 Å². The second-order valence-corrected chi connectivity index (χ2v) is 1.71. The number of benzene rings is 1. The third kappa shape index (κ3) is 11.3. The fraction of sp³-hybridized carbons (Fsp3) is 0.222. The molecule has 12 heavy (non-hydrogen) atoms. The van der Waals surface area contributed by atoms with Crippen LogP contribution in [0.4, 0.5) is 4.79 Å². The van der Waals surface area contributed by atoms with E-state index in [0.717, 1.165) is 0 Å². The maximum absolute atomic E-state index is 9.26. The Morgan fingerprint density at radius 3 is 1.33 bits per heavy atom. The highest BCUT2D eigenvalue weighted by molar-refractivity contribution is 5.63. The van der Waals surface area contributed by atoms with Crippen molar-refractivity contribution in [3.8, 4) is 0 Å². The van der Waals surface area contributed by atoms with E-state index in [1.54, 1.807) is 0 Å². The van der Waals surface area contributed by atoms with Crippen molar-refractivity contribution in [2.75, 3.05) is 7.05 Å². The molecule has 68 valence electrons. The van der Waals surface area contributed by atoms with Crippen molar-refractivity contribution in [1.29, 1.82) is 0 Å². The summed E-state index contributed by atoms with van der Waals surface area (Å²) >= 11 is 0. The van der Waals surface area contributed by atoms with E-state index in [2.05, 4.69) is 0 Å². The molecule has 0 atom stereocenters. The van der Waals surface area contributed by atoms with Crippen molar-refractivity contribution < 1.29 is 9.90 Å². The zero-order chi connectivity index (χ0) is 8.53. The lowest BCUT2D eigenvalue weighted by Crippen LogP contribution is -2.13. The van der Waals surface area contributed by atoms with E-state index in [4.69, 9.17) is 5.11 Å². The van der Waals surface area contributed by atoms with E-state index < -0.39 is 6.09 Å². The predicted octanol–water partition coefficient (Wildman–Crippen LogP) is 2.21. The van der Waals surface area contributed by atoms with Crippen LogP contribution in [0.25, 0.3) is 0 Å². The standard InChI is InChI=1S/C6H6.C2H5NO2.CH4/c1-2-4-6-5-3-1;1-3-2(4)5;/h1-6H;3H,1H3,(H,4,5);1H4. The molecule has 0 fully saturated rings. The van der Waals surface area contributed by atoms with Crippen molar-refractivity contribution >= 4 is 6.09 Å². The van der Waals surface area contributed by atoms with Crippen molar-refractivity contribution in [3.05, 3.63) is 36.4 Å². The molecule has 0 aliphatic rings. The Morgan fingerprint density at radius 1 is 1.08 bits per heavy atom. The number of nitrogens with one attached hydrogen (secondary N) is 1. The second-order valence-electron chi connectivity index (χ2n) is 1.71. The molecule has 3 heteroatoms. The fourth-order valence-corrected chi connectivity index (χ4v) is 0.385. The van der Waals surface area contributed by atoms with Gasteiger partial charge in [0, 0.05) is 7.05 Å². The van der Waals surface area contributed by atoms with Crippen molar-refractivity contribution in [1.82, 2.24) is 5.32 Å². The minimum absolute atomic E-state index is 0. The van der Waals surface area contributed by atoms with Crippen molar-refractivity contribution in [3.63, 3.8) is 0 Å². The molecular weight excluding hydrogens is 154 g/mol. The Kier molecular flexibility index (Phi) is 10.4. The zero-order valence-corrected chi connectivity index (χ0v) is 6.32. The first kappa shape index (κ1) is 13.1. The minimum atomic E-state index is -0.995. The molecule has 0 aromatic heterocycles. The second kappa shape index (κ2) is 9.49. The first-order chi connectivity index (χ1) is 5.27. The summed E-state index contributed by atoms with van der Waals surface area (Å²) in [6.07, 6.45) is -0.995. The van der Waals surface area contributed by atoms with E-state index in [1.165, 1.54) is 7.05 Å². The van der Waals surface area contributed by atoms with Gasteiger partial charge in [-0.1, -0.05) is 43.8 Å². The Morgan fingerprint density at radius 2 is 1.25 bits per heavy atom. The summed E-state index contributed by atoms with van der Waals surface area (Å²) in [5.41, 5.74) is 0. The fourth-order valence-electron chi connectivity index (χ4n) is 0.385. The normalized spacial score (nSPS) is 6.75. The largest absolute Gasteiger partial charge is 0.465 e. The minimum Gasteiger partial charge on any atom is -0.465 e. The molecule has 0 unspecified atom stereocenters. The monoisotopic (exact) mass is 169 g/mol. The molecule has 0 bridgehead atoms. The third-order valence-electron chi connectivity index (χ3n) is 0.881. The number of rotatable bonds is 0. The molecule has 0 aliphatic carbocycles. The molecule has 0 radical (unpaired) electrons. The van der Waals surface area contributed by atoms with Crippen molar-refractivity contribution in [2.24, 2.45) is 0 Å². The molecule has 2 N–H and O–H groups in total. The highest BCUT2D eigenvalue weighted by Crippen LogP contribution is 1.79.